The van der Waals surface area contributed by atoms with E-state index in [-0.39, 0.29) is 24.4 Å². The molecule has 23 heavy (non-hydrogen) atoms. The Labute approximate surface area is 138 Å². The van der Waals surface area contributed by atoms with Crippen LogP contribution in [0.1, 0.15) is 25.7 Å². The van der Waals surface area contributed by atoms with Crippen molar-refractivity contribution in [3.05, 3.63) is 37.5 Å². The van der Waals surface area contributed by atoms with E-state index in [1.165, 1.54) is 0 Å². The molecule has 0 unspecified atom stereocenters. The minimum atomic E-state index is -0.745. The van der Waals surface area contributed by atoms with E-state index in [1.807, 2.05) is 12.2 Å². The average molecular weight is 324 g/mol. The third-order valence-electron chi connectivity index (χ3n) is 4.33. The van der Waals surface area contributed by atoms with Crippen molar-refractivity contribution in [2.45, 2.75) is 62.3 Å². The summed E-state index contributed by atoms with van der Waals surface area (Å²) >= 11 is 0. The molecule has 0 saturated carbocycles. The van der Waals surface area contributed by atoms with Gasteiger partial charge in [0.15, 0.2) is 0 Å². The third kappa shape index (κ3) is 5.26. The predicted molar refractivity (Wildman–Crippen MR) is 88.2 cm³/mol. The molecule has 0 aromatic rings. The number of aliphatic hydroxyl groups is 2. The molecule has 1 saturated heterocycles. The maximum absolute atomic E-state index is 9.99. The van der Waals surface area contributed by atoms with Gasteiger partial charge in [0.2, 0.25) is 0 Å². The van der Waals surface area contributed by atoms with Crippen LogP contribution in [0.5, 0.6) is 0 Å². The van der Waals surface area contributed by atoms with Gasteiger partial charge in [-0.25, -0.2) is 0 Å². The van der Waals surface area contributed by atoms with Crippen LogP contribution in [-0.2, 0) is 14.2 Å². The molecule has 130 valence electrons. The van der Waals surface area contributed by atoms with Gasteiger partial charge < -0.3 is 24.4 Å². The number of aliphatic hydroxyl groups excluding tert-OH is 2. The molecule has 2 bridgehead atoms. The molecule has 0 aromatic heterocycles. The second kappa shape index (κ2) is 9.35. The molecule has 2 rings (SSSR count). The Balaban J connectivity index is 2.13. The van der Waals surface area contributed by atoms with E-state index in [0.717, 1.165) is 6.42 Å². The molecule has 0 aromatic carbocycles. The Hall–Kier alpha value is -0.980. The Kier molecular flexibility index (Phi) is 7.46. The molecule has 6 atom stereocenters. The third-order valence-corrected chi connectivity index (χ3v) is 4.33. The van der Waals surface area contributed by atoms with Crippen molar-refractivity contribution in [3.8, 4) is 0 Å². The fourth-order valence-electron chi connectivity index (χ4n) is 3.07. The number of hydrogen-bond acceptors (Lipinski definition) is 5. The second-order valence-electron chi connectivity index (χ2n) is 6.07. The lowest BCUT2D eigenvalue weighted by Gasteiger charge is -2.41. The van der Waals surface area contributed by atoms with Gasteiger partial charge in [0.1, 0.15) is 6.10 Å². The van der Waals surface area contributed by atoms with Crippen molar-refractivity contribution in [1.82, 2.24) is 0 Å². The SMILES string of the molecule is C=CCO[C@H]1C[C@@H](OCC=C)[C@@H]2CC[C@@H](O)[C@H](O)C/C=C\[C@H]1O2. The fourth-order valence-corrected chi connectivity index (χ4v) is 3.07. The van der Waals surface area contributed by atoms with Crippen molar-refractivity contribution in [2.75, 3.05) is 13.2 Å². The standard InChI is InChI=1S/C18H28O5/c1-3-10-21-17-12-18(22-11-4-2)16-9-8-14(20)13(19)6-5-7-15(17)23-16/h3-5,7,13-20H,1-2,6,8-12H2/b7-5-/t13-,14-,15-,16+,17+,18-/m1/s1. The quantitative estimate of drug-likeness (QED) is 0.729. The molecule has 5 heteroatoms. The molecule has 1 fully saturated rings. The summed E-state index contributed by atoms with van der Waals surface area (Å²) in [4.78, 5) is 0. The molecular weight excluding hydrogens is 296 g/mol. The molecule has 2 heterocycles. The molecular formula is C18H28O5. The van der Waals surface area contributed by atoms with Crippen LogP contribution in [0.2, 0.25) is 0 Å². The minimum absolute atomic E-state index is 0.114. The lowest BCUT2D eigenvalue weighted by Crippen LogP contribution is -2.49. The van der Waals surface area contributed by atoms with Crippen molar-refractivity contribution in [2.24, 2.45) is 0 Å². The topological polar surface area (TPSA) is 68.2 Å². The first-order valence-electron chi connectivity index (χ1n) is 8.29. The molecule has 5 nitrogen and oxygen atoms in total. The summed E-state index contributed by atoms with van der Waals surface area (Å²) in [6.45, 7) is 8.27. The van der Waals surface area contributed by atoms with E-state index in [2.05, 4.69) is 13.2 Å². The maximum Gasteiger partial charge on any atom is 0.102 e. The molecule has 2 N–H and O–H groups in total. The molecule has 0 aliphatic carbocycles. The van der Waals surface area contributed by atoms with Crippen molar-refractivity contribution >= 4 is 0 Å². The van der Waals surface area contributed by atoms with Crippen LogP contribution in [0.25, 0.3) is 0 Å². The van der Waals surface area contributed by atoms with Gasteiger partial charge in [-0.3, -0.25) is 0 Å². The minimum Gasteiger partial charge on any atom is -0.390 e. The highest BCUT2D eigenvalue weighted by molar-refractivity contribution is 5.01. The maximum atomic E-state index is 9.99. The lowest BCUT2D eigenvalue weighted by atomic mass is 9.91. The smallest absolute Gasteiger partial charge is 0.102 e. The van der Waals surface area contributed by atoms with Crippen LogP contribution in [0, 0.1) is 0 Å². The highest BCUT2D eigenvalue weighted by atomic mass is 16.6. The van der Waals surface area contributed by atoms with Gasteiger partial charge in [-0.1, -0.05) is 24.3 Å². The van der Waals surface area contributed by atoms with Crippen molar-refractivity contribution in [3.63, 3.8) is 0 Å². The van der Waals surface area contributed by atoms with E-state index < -0.39 is 12.2 Å². The zero-order valence-corrected chi connectivity index (χ0v) is 13.5. The summed E-state index contributed by atoms with van der Waals surface area (Å²) in [7, 11) is 0. The Bertz CT molecular complexity index is 408. The molecule has 0 amide bonds. The van der Waals surface area contributed by atoms with Crippen LogP contribution >= 0.6 is 0 Å². The highest BCUT2D eigenvalue weighted by Gasteiger charge is 2.38. The van der Waals surface area contributed by atoms with Crippen LogP contribution in [-0.4, -0.2) is 60.1 Å². The molecule has 2 aliphatic heterocycles. The number of fused-ring (bicyclic) bond motifs is 2. The average Bonchev–Trinajstić information content (AvgIpc) is 2.56. The number of ether oxygens (including phenoxy) is 3. The van der Waals surface area contributed by atoms with E-state index in [9.17, 15) is 10.2 Å². The van der Waals surface area contributed by atoms with Crippen molar-refractivity contribution < 1.29 is 24.4 Å². The zero-order chi connectivity index (χ0) is 16.7. The fraction of sp³-hybridized carbons (Fsp3) is 0.667. The first-order valence-corrected chi connectivity index (χ1v) is 8.29. The first-order chi connectivity index (χ1) is 11.2. The van der Waals surface area contributed by atoms with Crippen molar-refractivity contribution in [1.29, 1.82) is 0 Å². The van der Waals surface area contributed by atoms with Gasteiger partial charge in [0, 0.05) is 6.42 Å². The van der Waals surface area contributed by atoms with Gasteiger partial charge in [-0.2, -0.15) is 0 Å². The lowest BCUT2D eigenvalue weighted by molar-refractivity contribution is -0.182. The Morgan fingerprint density at radius 3 is 2.43 bits per heavy atom. The Morgan fingerprint density at radius 2 is 1.74 bits per heavy atom. The summed E-state index contributed by atoms with van der Waals surface area (Å²) < 4.78 is 17.8. The summed E-state index contributed by atoms with van der Waals surface area (Å²) in [6, 6.07) is 0. The van der Waals surface area contributed by atoms with E-state index >= 15 is 0 Å². The summed E-state index contributed by atoms with van der Waals surface area (Å²) in [6.07, 6.45) is 7.45. The Morgan fingerprint density at radius 1 is 1.04 bits per heavy atom. The van der Waals surface area contributed by atoms with Crippen LogP contribution in [0.3, 0.4) is 0 Å². The summed E-state index contributed by atoms with van der Waals surface area (Å²) in [5.74, 6) is 0. The normalized spacial score (nSPS) is 39.4. The van der Waals surface area contributed by atoms with E-state index in [1.54, 1.807) is 12.2 Å². The second-order valence-corrected chi connectivity index (χ2v) is 6.07. The molecule has 0 radical (unpaired) electrons. The molecule has 0 spiro atoms. The predicted octanol–water partition coefficient (Wildman–Crippen LogP) is 1.75. The zero-order valence-electron chi connectivity index (χ0n) is 13.5. The largest absolute Gasteiger partial charge is 0.390 e. The molecule has 2 aliphatic rings. The highest BCUT2D eigenvalue weighted by Crippen LogP contribution is 2.30. The van der Waals surface area contributed by atoms with Crippen LogP contribution < -0.4 is 0 Å². The summed E-state index contributed by atoms with van der Waals surface area (Å²) in [5.41, 5.74) is 0. The number of rotatable bonds is 6. The van der Waals surface area contributed by atoms with E-state index in [0.29, 0.717) is 32.5 Å². The van der Waals surface area contributed by atoms with Crippen LogP contribution in [0.4, 0.5) is 0 Å². The van der Waals surface area contributed by atoms with Gasteiger partial charge in [0.25, 0.3) is 0 Å². The monoisotopic (exact) mass is 324 g/mol. The van der Waals surface area contributed by atoms with E-state index in [4.69, 9.17) is 14.2 Å². The van der Waals surface area contributed by atoms with Crippen LogP contribution in [0.15, 0.2) is 37.5 Å². The van der Waals surface area contributed by atoms with Gasteiger partial charge in [-0.15, -0.1) is 13.2 Å². The van der Waals surface area contributed by atoms with Gasteiger partial charge in [0.05, 0.1) is 43.7 Å². The van der Waals surface area contributed by atoms with Gasteiger partial charge in [-0.05, 0) is 19.3 Å². The number of hydrogen-bond donors (Lipinski definition) is 2. The first kappa shape index (κ1) is 18.4. The summed E-state index contributed by atoms with van der Waals surface area (Å²) in [5, 5.41) is 19.9. The van der Waals surface area contributed by atoms with Gasteiger partial charge >= 0.3 is 0 Å².